The summed E-state index contributed by atoms with van der Waals surface area (Å²) in [5.74, 6) is -1.59. The predicted molar refractivity (Wildman–Crippen MR) is 62.4 cm³/mol. The topological polar surface area (TPSA) is 97.1 Å². The maximum Gasteiger partial charge on any atom is 0.339 e. The van der Waals surface area contributed by atoms with Gasteiger partial charge in [-0.1, -0.05) is 0 Å². The number of aryl methyl sites for hydroxylation is 1. The number of pyridine rings is 1. The van der Waals surface area contributed by atoms with Crippen LogP contribution in [-0.4, -0.2) is 31.7 Å². The van der Waals surface area contributed by atoms with Crippen molar-refractivity contribution in [2.75, 3.05) is 5.32 Å². The Bertz CT molecular complexity index is 606. The third-order valence-corrected chi connectivity index (χ3v) is 2.24. The zero-order chi connectivity index (χ0) is 13.1. The monoisotopic (exact) mass is 246 g/mol. The molecule has 0 atom stereocenters. The molecule has 0 saturated heterocycles. The highest BCUT2D eigenvalue weighted by Gasteiger charge is 2.14. The summed E-state index contributed by atoms with van der Waals surface area (Å²) < 4.78 is 1.48. The van der Waals surface area contributed by atoms with Crippen molar-refractivity contribution in [2.45, 2.75) is 0 Å². The lowest BCUT2D eigenvalue weighted by Crippen LogP contribution is -2.15. The zero-order valence-corrected chi connectivity index (χ0v) is 9.49. The number of aromatic nitrogens is 3. The standard InChI is InChI=1S/C11H10N4O3/c1-15-6-7(5-13-15)10(16)14-9-8(11(17)18)3-2-4-12-9/h2-6H,1H3,(H,17,18)(H,12,14,16). The number of nitrogens with one attached hydrogen (secondary N) is 1. The van der Waals surface area contributed by atoms with E-state index in [1.165, 1.54) is 35.4 Å². The Labute approximate surface area is 102 Å². The van der Waals surface area contributed by atoms with E-state index in [0.29, 0.717) is 5.56 Å². The van der Waals surface area contributed by atoms with Crippen molar-refractivity contribution in [1.82, 2.24) is 14.8 Å². The summed E-state index contributed by atoms with van der Waals surface area (Å²) in [5, 5.41) is 15.2. The Morgan fingerprint density at radius 3 is 2.83 bits per heavy atom. The first-order valence-corrected chi connectivity index (χ1v) is 5.06. The van der Waals surface area contributed by atoms with Gasteiger partial charge in [-0.15, -0.1) is 0 Å². The lowest BCUT2D eigenvalue weighted by Gasteiger charge is -2.05. The highest BCUT2D eigenvalue weighted by atomic mass is 16.4. The van der Waals surface area contributed by atoms with E-state index in [0.717, 1.165) is 0 Å². The molecule has 7 nitrogen and oxygen atoms in total. The summed E-state index contributed by atoms with van der Waals surface area (Å²) in [4.78, 5) is 26.6. The SMILES string of the molecule is Cn1cc(C(=O)Nc2ncccc2C(=O)O)cn1. The first-order valence-electron chi connectivity index (χ1n) is 5.06. The summed E-state index contributed by atoms with van der Waals surface area (Å²) in [7, 11) is 1.68. The van der Waals surface area contributed by atoms with Gasteiger partial charge < -0.3 is 10.4 Å². The van der Waals surface area contributed by atoms with E-state index in [9.17, 15) is 9.59 Å². The molecule has 0 aliphatic carbocycles. The third kappa shape index (κ3) is 2.34. The second kappa shape index (κ2) is 4.66. The smallest absolute Gasteiger partial charge is 0.339 e. The minimum atomic E-state index is -1.15. The molecule has 0 spiro atoms. The molecule has 0 saturated carbocycles. The predicted octanol–water partition coefficient (Wildman–Crippen LogP) is 0.766. The van der Waals surface area contributed by atoms with Gasteiger partial charge in [-0.25, -0.2) is 9.78 Å². The van der Waals surface area contributed by atoms with Gasteiger partial charge in [0.2, 0.25) is 0 Å². The van der Waals surface area contributed by atoms with Crippen LogP contribution in [0.5, 0.6) is 0 Å². The number of amides is 1. The fourth-order valence-corrected chi connectivity index (χ4v) is 1.40. The van der Waals surface area contributed by atoms with Crippen LogP contribution in [0.15, 0.2) is 30.7 Å². The molecule has 7 heteroatoms. The highest BCUT2D eigenvalue weighted by molar-refractivity contribution is 6.06. The summed E-state index contributed by atoms with van der Waals surface area (Å²) in [6.45, 7) is 0. The van der Waals surface area contributed by atoms with E-state index >= 15 is 0 Å². The molecule has 0 unspecified atom stereocenters. The van der Waals surface area contributed by atoms with Gasteiger partial charge in [-0.3, -0.25) is 9.48 Å². The molecule has 2 aromatic rings. The van der Waals surface area contributed by atoms with Crippen LogP contribution in [0.3, 0.4) is 0 Å². The van der Waals surface area contributed by atoms with Crippen molar-refractivity contribution < 1.29 is 14.7 Å². The van der Waals surface area contributed by atoms with Crippen molar-refractivity contribution in [1.29, 1.82) is 0 Å². The van der Waals surface area contributed by atoms with Crippen LogP contribution in [0.25, 0.3) is 0 Å². The molecule has 2 aromatic heterocycles. The van der Waals surface area contributed by atoms with Crippen molar-refractivity contribution in [2.24, 2.45) is 7.05 Å². The van der Waals surface area contributed by atoms with Crippen molar-refractivity contribution in [3.05, 3.63) is 41.9 Å². The summed E-state index contributed by atoms with van der Waals surface area (Å²) in [6.07, 6.45) is 4.32. The summed E-state index contributed by atoms with van der Waals surface area (Å²) in [5.41, 5.74) is 0.272. The molecule has 0 bridgehead atoms. The number of anilines is 1. The minimum Gasteiger partial charge on any atom is -0.478 e. The zero-order valence-electron chi connectivity index (χ0n) is 9.49. The molecular formula is C11H10N4O3. The maximum atomic E-state index is 11.8. The molecule has 1 amide bonds. The summed E-state index contributed by atoms with van der Waals surface area (Å²) >= 11 is 0. The van der Waals surface area contributed by atoms with E-state index < -0.39 is 11.9 Å². The fourth-order valence-electron chi connectivity index (χ4n) is 1.40. The van der Waals surface area contributed by atoms with Gasteiger partial charge in [-0.05, 0) is 12.1 Å². The largest absolute Gasteiger partial charge is 0.478 e. The number of carboxylic acids is 1. The molecule has 0 radical (unpaired) electrons. The Morgan fingerprint density at radius 1 is 1.44 bits per heavy atom. The molecule has 2 N–H and O–H groups in total. The van der Waals surface area contributed by atoms with E-state index in [1.807, 2.05) is 0 Å². The van der Waals surface area contributed by atoms with Gasteiger partial charge in [0, 0.05) is 19.4 Å². The highest BCUT2D eigenvalue weighted by Crippen LogP contribution is 2.12. The van der Waals surface area contributed by atoms with Crippen molar-refractivity contribution in [3.63, 3.8) is 0 Å². The van der Waals surface area contributed by atoms with Gasteiger partial charge in [0.1, 0.15) is 11.4 Å². The Hall–Kier alpha value is -2.70. The number of carbonyl (C=O) groups is 2. The lowest BCUT2D eigenvalue weighted by atomic mass is 10.2. The molecule has 92 valence electrons. The molecule has 0 fully saturated rings. The number of carboxylic acid groups (broad SMARTS) is 1. The second-order valence-corrected chi connectivity index (χ2v) is 3.56. The number of carbonyl (C=O) groups excluding carboxylic acids is 1. The Morgan fingerprint density at radius 2 is 2.22 bits per heavy atom. The van der Waals surface area contributed by atoms with Gasteiger partial charge in [-0.2, -0.15) is 5.10 Å². The number of aromatic carboxylic acids is 1. The molecule has 0 aromatic carbocycles. The quantitative estimate of drug-likeness (QED) is 0.833. The molecule has 0 aliphatic heterocycles. The second-order valence-electron chi connectivity index (χ2n) is 3.56. The van der Waals surface area contributed by atoms with E-state index in [-0.39, 0.29) is 11.4 Å². The third-order valence-electron chi connectivity index (χ3n) is 2.24. The van der Waals surface area contributed by atoms with Gasteiger partial charge >= 0.3 is 5.97 Å². The fraction of sp³-hybridized carbons (Fsp3) is 0.0909. The van der Waals surface area contributed by atoms with Crippen molar-refractivity contribution in [3.8, 4) is 0 Å². The van der Waals surface area contributed by atoms with Gasteiger partial charge in [0.05, 0.1) is 11.8 Å². The maximum absolute atomic E-state index is 11.8. The number of nitrogens with zero attached hydrogens (tertiary/aromatic N) is 3. The van der Waals surface area contributed by atoms with Crippen LogP contribution in [0, 0.1) is 0 Å². The molecule has 2 rings (SSSR count). The first kappa shape index (κ1) is 11.8. The van der Waals surface area contributed by atoms with Crippen LogP contribution >= 0.6 is 0 Å². The van der Waals surface area contributed by atoms with E-state index in [1.54, 1.807) is 7.05 Å². The first-order chi connectivity index (χ1) is 8.58. The van der Waals surface area contributed by atoms with E-state index in [4.69, 9.17) is 5.11 Å². The normalized spacial score (nSPS) is 10.1. The van der Waals surface area contributed by atoms with Crippen LogP contribution in [0.4, 0.5) is 5.82 Å². The molecule has 0 aliphatic rings. The van der Waals surface area contributed by atoms with Gasteiger partial charge in [0.15, 0.2) is 0 Å². The van der Waals surface area contributed by atoms with Gasteiger partial charge in [0.25, 0.3) is 5.91 Å². The number of rotatable bonds is 3. The Kier molecular flexibility index (Phi) is 3.05. The van der Waals surface area contributed by atoms with Crippen molar-refractivity contribution >= 4 is 17.7 Å². The van der Waals surface area contributed by atoms with E-state index in [2.05, 4.69) is 15.4 Å². The lowest BCUT2D eigenvalue weighted by molar-refractivity contribution is 0.0697. The van der Waals surface area contributed by atoms with Crippen LogP contribution < -0.4 is 5.32 Å². The average Bonchev–Trinajstić information content (AvgIpc) is 2.76. The summed E-state index contributed by atoms with van der Waals surface area (Å²) in [6, 6.07) is 2.86. The Balaban J connectivity index is 2.24. The van der Waals surface area contributed by atoms with Crippen LogP contribution in [0.1, 0.15) is 20.7 Å². The average molecular weight is 246 g/mol. The molecule has 18 heavy (non-hydrogen) atoms. The van der Waals surface area contributed by atoms with Crippen LogP contribution in [-0.2, 0) is 7.05 Å². The minimum absolute atomic E-state index is 0.0128. The number of hydrogen-bond donors (Lipinski definition) is 2. The van der Waals surface area contributed by atoms with Crippen LogP contribution in [0.2, 0.25) is 0 Å². The number of hydrogen-bond acceptors (Lipinski definition) is 4. The molecule has 2 heterocycles. The molecular weight excluding hydrogens is 236 g/mol.